The average molecular weight is 381 g/mol. The highest BCUT2D eigenvalue weighted by molar-refractivity contribution is 6.42. The van der Waals surface area contributed by atoms with Gasteiger partial charge in [0.2, 0.25) is 0 Å². The van der Waals surface area contributed by atoms with Crippen molar-refractivity contribution in [2.24, 2.45) is 0 Å². The van der Waals surface area contributed by atoms with E-state index < -0.39 is 0 Å². The van der Waals surface area contributed by atoms with Gasteiger partial charge in [-0.1, -0.05) is 29.3 Å². The van der Waals surface area contributed by atoms with Gasteiger partial charge in [0.15, 0.2) is 5.43 Å². The molecule has 1 amide bonds. The lowest BCUT2D eigenvalue weighted by atomic mass is 10.1. The van der Waals surface area contributed by atoms with Crippen molar-refractivity contribution in [3.63, 3.8) is 0 Å². The zero-order valence-corrected chi connectivity index (χ0v) is 15.4. The summed E-state index contributed by atoms with van der Waals surface area (Å²) >= 11 is 12.0. The van der Waals surface area contributed by atoms with Crippen LogP contribution in [0.1, 0.15) is 33.4 Å². The normalized spacial score (nSPS) is 17.6. The van der Waals surface area contributed by atoms with Crippen LogP contribution in [-0.2, 0) is 4.74 Å². The van der Waals surface area contributed by atoms with Crippen LogP contribution in [0.3, 0.4) is 0 Å². The molecule has 25 heavy (non-hydrogen) atoms. The summed E-state index contributed by atoms with van der Waals surface area (Å²) in [7, 11) is 0. The van der Waals surface area contributed by atoms with Gasteiger partial charge in [-0.3, -0.25) is 9.59 Å². The Bertz CT molecular complexity index is 879. The first-order valence-corrected chi connectivity index (χ1v) is 8.68. The number of rotatable bonds is 2. The molecule has 0 spiro atoms. The van der Waals surface area contributed by atoms with Crippen molar-refractivity contribution in [1.82, 2.24) is 9.88 Å². The van der Waals surface area contributed by atoms with Crippen molar-refractivity contribution in [2.45, 2.75) is 20.0 Å². The van der Waals surface area contributed by atoms with Gasteiger partial charge in [-0.2, -0.15) is 0 Å². The third-order valence-electron chi connectivity index (χ3n) is 4.24. The van der Waals surface area contributed by atoms with E-state index in [4.69, 9.17) is 27.9 Å². The Balaban J connectivity index is 1.85. The monoisotopic (exact) mass is 380 g/mol. The van der Waals surface area contributed by atoms with Crippen LogP contribution >= 0.6 is 23.2 Å². The van der Waals surface area contributed by atoms with E-state index in [1.54, 1.807) is 30.9 Å². The van der Waals surface area contributed by atoms with Crippen molar-refractivity contribution in [3.8, 4) is 0 Å². The molecule has 1 aromatic heterocycles. The number of aromatic amines is 1. The van der Waals surface area contributed by atoms with Crippen molar-refractivity contribution in [1.29, 1.82) is 0 Å². The van der Waals surface area contributed by atoms with Gasteiger partial charge >= 0.3 is 0 Å². The topological polar surface area (TPSA) is 62.4 Å². The molecule has 1 fully saturated rings. The molecule has 1 unspecified atom stereocenters. The Morgan fingerprint density at radius 2 is 2.00 bits per heavy atom. The standard InChI is InChI=1S/C18H18Cl2N2O3/c1-10-7-15(23)17(11(2)21-10)18(24)22-5-6-25-16(9-22)12-3-4-13(19)14(20)8-12/h3-4,7-8,16H,5-6,9H2,1-2H3,(H,21,23). The number of amides is 1. The molecule has 132 valence electrons. The van der Waals surface area contributed by atoms with E-state index in [1.165, 1.54) is 6.07 Å². The van der Waals surface area contributed by atoms with Crippen LogP contribution in [0.2, 0.25) is 10.0 Å². The quantitative estimate of drug-likeness (QED) is 0.866. The Labute approximate surface area is 155 Å². The van der Waals surface area contributed by atoms with Gasteiger partial charge in [-0.25, -0.2) is 0 Å². The zero-order valence-electron chi connectivity index (χ0n) is 13.9. The molecule has 0 radical (unpaired) electrons. The van der Waals surface area contributed by atoms with Gasteiger partial charge in [0, 0.05) is 24.0 Å². The number of ether oxygens (including phenoxy) is 1. The number of pyridine rings is 1. The number of carbonyl (C=O) groups excluding carboxylic acids is 1. The molecular formula is C18H18Cl2N2O3. The van der Waals surface area contributed by atoms with E-state index in [0.29, 0.717) is 35.4 Å². The fourth-order valence-electron chi connectivity index (χ4n) is 3.02. The Morgan fingerprint density at radius 3 is 2.68 bits per heavy atom. The fraction of sp³-hybridized carbons (Fsp3) is 0.333. The number of carbonyl (C=O) groups is 1. The third-order valence-corrected chi connectivity index (χ3v) is 4.98. The highest BCUT2D eigenvalue weighted by atomic mass is 35.5. The number of aryl methyl sites for hydroxylation is 2. The number of nitrogens with zero attached hydrogens (tertiary/aromatic N) is 1. The second kappa shape index (κ2) is 7.20. The molecule has 1 aliphatic heterocycles. The van der Waals surface area contributed by atoms with Gasteiger partial charge in [0.1, 0.15) is 11.7 Å². The zero-order chi connectivity index (χ0) is 18.1. The number of nitrogens with one attached hydrogen (secondary N) is 1. The maximum atomic E-state index is 12.9. The van der Waals surface area contributed by atoms with Crippen molar-refractivity contribution >= 4 is 29.1 Å². The summed E-state index contributed by atoms with van der Waals surface area (Å²) in [6.45, 7) is 4.70. The molecular weight excluding hydrogens is 363 g/mol. The molecule has 1 N–H and O–H groups in total. The average Bonchev–Trinajstić information content (AvgIpc) is 2.56. The summed E-state index contributed by atoms with van der Waals surface area (Å²) in [6, 6.07) is 6.72. The number of morpholine rings is 1. The smallest absolute Gasteiger partial charge is 0.259 e. The minimum absolute atomic E-state index is 0.181. The van der Waals surface area contributed by atoms with Crippen LogP contribution in [0.4, 0.5) is 0 Å². The number of hydrogen-bond acceptors (Lipinski definition) is 3. The summed E-state index contributed by atoms with van der Waals surface area (Å²) in [5, 5.41) is 0.910. The molecule has 1 saturated heterocycles. The highest BCUT2D eigenvalue weighted by Gasteiger charge is 2.28. The van der Waals surface area contributed by atoms with Crippen molar-refractivity contribution in [3.05, 3.63) is 67.0 Å². The maximum absolute atomic E-state index is 12.9. The minimum atomic E-state index is -0.308. The molecule has 7 heteroatoms. The van der Waals surface area contributed by atoms with Crippen LogP contribution in [0, 0.1) is 13.8 Å². The van der Waals surface area contributed by atoms with Crippen LogP contribution < -0.4 is 5.43 Å². The molecule has 1 atom stereocenters. The first kappa shape index (κ1) is 18.0. The summed E-state index contributed by atoms with van der Waals surface area (Å²) in [6.07, 6.45) is -0.308. The number of aromatic nitrogens is 1. The van der Waals surface area contributed by atoms with E-state index in [-0.39, 0.29) is 23.0 Å². The van der Waals surface area contributed by atoms with E-state index in [1.807, 2.05) is 6.07 Å². The largest absolute Gasteiger partial charge is 0.370 e. The van der Waals surface area contributed by atoms with Gasteiger partial charge in [0.25, 0.3) is 5.91 Å². The van der Waals surface area contributed by atoms with Crippen molar-refractivity contribution < 1.29 is 9.53 Å². The molecule has 1 aliphatic rings. The Hall–Kier alpha value is -1.82. The van der Waals surface area contributed by atoms with Crippen LogP contribution in [0.15, 0.2) is 29.1 Å². The summed E-state index contributed by atoms with van der Waals surface area (Å²) in [4.78, 5) is 29.8. The lowest BCUT2D eigenvalue weighted by Gasteiger charge is -2.33. The van der Waals surface area contributed by atoms with Crippen LogP contribution in [0.25, 0.3) is 0 Å². The molecule has 0 aliphatic carbocycles. The van der Waals surface area contributed by atoms with E-state index in [9.17, 15) is 9.59 Å². The highest BCUT2D eigenvalue weighted by Crippen LogP contribution is 2.29. The number of halogens is 2. The van der Waals surface area contributed by atoms with Gasteiger partial charge in [0.05, 0.1) is 23.2 Å². The SMILES string of the molecule is Cc1cc(=O)c(C(=O)N2CCOC(c3ccc(Cl)c(Cl)c3)C2)c(C)[nH]1. The predicted molar refractivity (Wildman–Crippen MR) is 97.6 cm³/mol. The summed E-state index contributed by atoms with van der Waals surface area (Å²) in [5.74, 6) is -0.285. The second-order valence-electron chi connectivity index (χ2n) is 6.10. The molecule has 5 nitrogen and oxygen atoms in total. The molecule has 0 bridgehead atoms. The minimum Gasteiger partial charge on any atom is -0.370 e. The maximum Gasteiger partial charge on any atom is 0.259 e. The molecule has 2 heterocycles. The van der Waals surface area contributed by atoms with Gasteiger partial charge in [-0.15, -0.1) is 0 Å². The van der Waals surface area contributed by atoms with E-state index in [0.717, 1.165) is 11.3 Å². The molecule has 0 saturated carbocycles. The van der Waals surface area contributed by atoms with Crippen molar-refractivity contribution in [2.75, 3.05) is 19.7 Å². The fourth-order valence-corrected chi connectivity index (χ4v) is 3.33. The molecule has 3 rings (SSSR count). The third kappa shape index (κ3) is 3.73. The Morgan fingerprint density at radius 1 is 1.24 bits per heavy atom. The van der Waals surface area contributed by atoms with Gasteiger partial charge in [-0.05, 0) is 31.5 Å². The summed E-state index contributed by atoms with van der Waals surface area (Å²) in [5.41, 5.74) is 2.07. The Kier molecular flexibility index (Phi) is 5.18. The van der Waals surface area contributed by atoms with Crippen LogP contribution in [-0.4, -0.2) is 35.5 Å². The predicted octanol–water partition coefficient (Wildman–Crippen LogP) is 3.51. The molecule has 1 aromatic carbocycles. The van der Waals surface area contributed by atoms with Crippen LogP contribution in [0.5, 0.6) is 0 Å². The van der Waals surface area contributed by atoms with E-state index >= 15 is 0 Å². The number of H-pyrrole nitrogens is 1. The summed E-state index contributed by atoms with van der Waals surface area (Å²) < 4.78 is 5.77. The first-order valence-electron chi connectivity index (χ1n) is 7.93. The first-order chi connectivity index (χ1) is 11.9. The number of hydrogen-bond donors (Lipinski definition) is 1. The lowest BCUT2D eigenvalue weighted by Crippen LogP contribution is -2.44. The van der Waals surface area contributed by atoms with Gasteiger partial charge < -0.3 is 14.6 Å². The van der Waals surface area contributed by atoms with E-state index in [2.05, 4.69) is 4.98 Å². The number of benzene rings is 1. The second-order valence-corrected chi connectivity index (χ2v) is 6.92. The molecule has 2 aromatic rings. The lowest BCUT2D eigenvalue weighted by molar-refractivity contribution is -0.0229.